The zero-order valence-corrected chi connectivity index (χ0v) is 12.6. The molecule has 8 nitrogen and oxygen atoms in total. The van der Waals surface area contributed by atoms with Gasteiger partial charge in [0, 0.05) is 12.3 Å². The smallest absolute Gasteiger partial charge is 0.327 e. The Hall–Kier alpha value is -1.32. The number of carboxylic acids is 1. The Bertz CT molecular complexity index is 418. The van der Waals surface area contributed by atoms with Gasteiger partial charge in [-0.3, -0.25) is 9.59 Å². The largest absolute Gasteiger partial charge is 0.480 e. The Kier molecular flexibility index (Phi) is 6.43. The van der Waals surface area contributed by atoms with Crippen LogP contribution < -0.4 is 11.1 Å². The lowest BCUT2D eigenvalue weighted by atomic mass is 10.1. The highest BCUT2D eigenvalue weighted by atomic mass is 32.1. The van der Waals surface area contributed by atoms with Gasteiger partial charge in [0.05, 0.1) is 6.10 Å². The minimum Gasteiger partial charge on any atom is -0.480 e. The Balaban J connectivity index is 2.75. The number of carboxylic acid groups (broad SMARTS) is 1. The van der Waals surface area contributed by atoms with Gasteiger partial charge in [-0.05, 0) is 19.8 Å². The predicted molar refractivity (Wildman–Crippen MR) is 77.8 cm³/mol. The second kappa shape index (κ2) is 7.62. The van der Waals surface area contributed by atoms with Crippen molar-refractivity contribution in [1.82, 2.24) is 10.2 Å². The third-order valence-corrected chi connectivity index (χ3v) is 3.81. The van der Waals surface area contributed by atoms with Crippen molar-refractivity contribution >= 4 is 30.4 Å². The number of aliphatic hydroxyl groups is 1. The second-order valence-electron chi connectivity index (χ2n) is 5.04. The maximum absolute atomic E-state index is 12.1. The number of thiol groups is 1. The molecule has 2 amide bonds. The number of nitrogens with zero attached hydrogens (tertiary/aromatic N) is 1. The van der Waals surface area contributed by atoms with Crippen molar-refractivity contribution in [2.75, 3.05) is 12.3 Å². The highest BCUT2D eigenvalue weighted by Crippen LogP contribution is 2.19. The quantitative estimate of drug-likeness (QED) is 0.366. The molecule has 0 spiro atoms. The molecule has 21 heavy (non-hydrogen) atoms. The fraction of sp³-hybridized carbons (Fsp3) is 0.750. The summed E-state index contributed by atoms with van der Waals surface area (Å²) in [5.41, 5.74) is 5.60. The fourth-order valence-corrected chi connectivity index (χ4v) is 2.40. The normalized spacial score (nSPS) is 22.5. The van der Waals surface area contributed by atoms with E-state index in [0.29, 0.717) is 19.4 Å². The van der Waals surface area contributed by atoms with Gasteiger partial charge in [0.2, 0.25) is 11.8 Å². The molecule has 5 N–H and O–H groups in total. The van der Waals surface area contributed by atoms with Gasteiger partial charge in [0.15, 0.2) is 0 Å². The van der Waals surface area contributed by atoms with E-state index in [4.69, 9.17) is 10.8 Å². The van der Waals surface area contributed by atoms with Crippen molar-refractivity contribution in [2.45, 2.75) is 44.0 Å². The first-order valence-electron chi connectivity index (χ1n) is 6.67. The molecule has 0 unspecified atom stereocenters. The van der Waals surface area contributed by atoms with Crippen LogP contribution in [0.3, 0.4) is 0 Å². The van der Waals surface area contributed by atoms with Crippen molar-refractivity contribution in [2.24, 2.45) is 5.73 Å². The van der Waals surface area contributed by atoms with Gasteiger partial charge < -0.3 is 26.2 Å². The molecule has 0 aromatic rings. The average Bonchev–Trinajstić information content (AvgIpc) is 2.91. The van der Waals surface area contributed by atoms with Crippen LogP contribution in [0.2, 0.25) is 0 Å². The van der Waals surface area contributed by atoms with Crippen LogP contribution in [-0.4, -0.2) is 69.4 Å². The molecular formula is C12H21N3O5S. The van der Waals surface area contributed by atoms with E-state index in [0.717, 1.165) is 0 Å². The summed E-state index contributed by atoms with van der Waals surface area (Å²) in [4.78, 5) is 36.4. The summed E-state index contributed by atoms with van der Waals surface area (Å²) in [6, 6.07) is -2.97. The average molecular weight is 319 g/mol. The van der Waals surface area contributed by atoms with Crippen LogP contribution in [0.4, 0.5) is 0 Å². The summed E-state index contributed by atoms with van der Waals surface area (Å²) in [5, 5.41) is 20.6. The van der Waals surface area contributed by atoms with E-state index in [-0.39, 0.29) is 5.75 Å². The number of aliphatic hydroxyl groups excluding tert-OH is 1. The maximum atomic E-state index is 12.1. The van der Waals surface area contributed by atoms with Gasteiger partial charge in [-0.2, -0.15) is 12.6 Å². The number of carbonyl (C=O) groups excluding carboxylic acids is 2. The number of aliphatic carboxylic acids is 1. The summed E-state index contributed by atoms with van der Waals surface area (Å²) in [7, 11) is 0. The van der Waals surface area contributed by atoms with Crippen molar-refractivity contribution in [3.8, 4) is 0 Å². The topological polar surface area (TPSA) is 133 Å². The number of carbonyl (C=O) groups is 3. The third-order valence-electron chi connectivity index (χ3n) is 3.44. The monoisotopic (exact) mass is 319 g/mol. The molecular weight excluding hydrogens is 298 g/mol. The van der Waals surface area contributed by atoms with Crippen LogP contribution in [0.15, 0.2) is 0 Å². The molecule has 1 saturated heterocycles. The van der Waals surface area contributed by atoms with E-state index < -0.39 is 42.0 Å². The van der Waals surface area contributed by atoms with E-state index in [2.05, 4.69) is 17.9 Å². The maximum Gasteiger partial charge on any atom is 0.327 e. The summed E-state index contributed by atoms with van der Waals surface area (Å²) in [6.45, 7) is 1.75. The van der Waals surface area contributed by atoms with Crippen molar-refractivity contribution in [3.63, 3.8) is 0 Å². The standard InChI is InChI=1S/C12H21N3O5S/c1-6(16)9(13)11(18)15-4-2-3-8(15)10(17)14-7(5-21)12(19)20/h6-9,16,21H,2-5,13H2,1H3,(H,14,17)(H,19,20)/t6-,7+,8+,9+/m1/s1. The Morgan fingerprint density at radius 1 is 1.48 bits per heavy atom. The summed E-state index contributed by atoms with van der Waals surface area (Å²) >= 11 is 3.87. The summed E-state index contributed by atoms with van der Waals surface area (Å²) in [5.74, 6) is -2.29. The summed E-state index contributed by atoms with van der Waals surface area (Å²) < 4.78 is 0. The molecule has 0 bridgehead atoms. The van der Waals surface area contributed by atoms with E-state index >= 15 is 0 Å². The van der Waals surface area contributed by atoms with Crippen molar-refractivity contribution < 1.29 is 24.6 Å². The van der Waals surface area contributed by atoms with Gasteiger partial charge in [-0.25, -0.2) is 4.79 Å². The summed E-state index contributed by atoms with van der Waals surface area (Å²) in [6.07, 6.45) is 0.0314. The van der Waals surface area contributed by atoms with Crippen LogP contribution in [-0.2, 0) is 14.4 Å². The highest BCUT2D eigenvalue weighted by molar-refractivity contribution is 7.80. The zero-order valence-electron chi connectivity index (χ0n) is 11.7. The SMILES string of the molecule is C[C@@H](O)[C@H](N)C(=O)N1CCC[C@H]1C(=O)N[C@@H](CS)C(=O)O. The van der Waals surface area contributed by atoms with Crippen LogP contribution in [0.5, 0.6) is 0 Å². The lowest BCUT2D eigenvalue weighted by molar-refractivity contribution is -0.144. The number of hydrogen-bond donors (Lipinski definition) is 5. The van der Waals surface area contributed by atoms with Gasteiger partial charge in [0.25, 0.3) is 0 Å². The molecule has 0 aliphatic carbocycles. The van der Waals surface area contributed by atoms with E-state index in [1.165, 1.54) is 11.8 Å². The second-order valence-corrected chi connectivity index (χ2v) is 5.40. The Morgan fingerprint density at radius 2 is 2.10 bits per heavy atom. The van der Waals surface area contributed by atoms with Crippen LogP contribution in [0.1, 0.15) is 19.8 Å². The van der Waals surface area contributed by atoms with E-state index in [1.54, 1.807) is 0 Å². The molecule has 0 aromatic heterocycles. The first-order chi connectivity index (χ1) is 9.79. The minimum atomic E-state index is -1.19. The molecule has 1 fully saturated rings. The first-order valence-corrected chi connectivity index (χ1v) is 7.31. The highest BCUT2D eigenvalue weighted by Gasteiger charge is 2.38. The number of nitrogens with two attached hydrogens (primary N) is 1. The third kappa shape index (κ3) is 4.32. The molecule has 0 radical (unpaired) electrons. The van der Waals surface area contributed by atoms with Crippen LogP contribution >= 0.6 is 12.6 Å². The minimum absolute atomic E-state index is 0.0467. The Labute approximate surface area is 128 Å². The molecule has 0 saturated carbocycles. The van der Waals surface area contributed by atoms with E-state index in [9.17, 15) is 19.5 Å². The number of rotatable bonds is 6. The van der Waals surface area contributed by atoms with Crippen LogP contribution in [0, 0.1) is 0 Å². The number of hydrogen-bond acceptors (Lipinski definition) is 6. The molecule has 1 aliphatic heterocycles. The number of amides is 2. The molecule has 9 heteroatoms. The molecule has 1 heterocycles. The lowest BCUT2D eigenvalue weighted by Gasteiger charge is -2.28. The zero-order chi connectivity index (χ0) is 16.2. The van der Waals surface area contributed by atoms with Gasteiger partial charge in [0.1, 0.15) is 18.1 Å². The van der Waals surface area contributed by atoms with Gasteiger partial charge >= 0.3 is 5.97 Å². The lowest BCUT2D eigenvalue weighted by Crippen LogP contribution is -2.56. The van der Waals surface area contributed by atoms with E-state index in [1.807, 2.05) is 0 Å². The molecule has 1 aliphatic rings. The van der Waals surface area contributed by atoms with Gasteiger partial charge in [-0.1, -0.05) is 0 Å². The van der Waals surface area contributed by atoms with Crippen molar-refractivity contribution in [3.05, 3.63) is 0 Å². The predicted octanol–water partition coefficient (Wildman–Crippen LogP) is -1.82. The van der Waals surface area contributed by atoms with Crippen LogP contribution in [0.25, 0.3) is 0 Å². The fourth-order valence-electron chi connectivity index (χ4n) is 2.15. The number of nitrogens with one attached hydrogen (secondary N) is 1. The molecule has 1 rings (SSSR count). The van der Waals surface area contributed by atoms with Crippen molar-refractivity contribution in [1.29, 1.82) is 0 Å². The number of likely N-dealkylation sites (tertiary alicyclic amines) is 1. The molecule has 120 valence electrons. The molecule has 0 aromatic carbocycles. The molecule has 4 atom stereocenters. The first kappa shape index (κ1) is 17.7. The van der Waals surface area contributed by atoms with Gasteiger partial charge in [-0.15, -0.1) is 0 Å². The Morgan fingerprint density at radius 3 is 2.57 bits per heavy atom.